The Morgan fingerprint density at radius 2 is 1.97 bits per heavy atom. The number of carbonyl (C=O) groups is 1. The summed E-state index contributed by atoms with van der Waals surface area (Å²) in [6, 6.07) is 16.0. The molecule has 1 spiro atoms. The fourth-order valence-corrected chi connectivity index (χ4v) is 4.75. The fraction of sp³-hybridized carbons (Fsp3) is 0.160. The highest BCUT2D eigenvalue weighted by molar-refractivity contribution is 6.10. The van der Waals surface area contributed by atoms with Crippen molar-refractivity contribution in [2.24, 2.45) is 0 Å². The van der Waals surface area contributed by atoms with Crippen LogP contribution in [-0.2, 0) is 10.2 Å². The number of anilines is 1. The molecular formula is C25H20N4O2. The molecule has 0 radical (unpaired) electrons. The lowest BCUT2D eigenvalue weighted by molar-refractivity contribution is -0.118. The molecule has 1 aliphatic heterocycles. The highest BCUT2D eigenvalue weighted by Gasteiger charge is 2.65. The van der Waals surface area contributed by atoms with Gasteiger partial charge in [0.2, 0.25) is 5.91 Å². The average molecular weight is 408 g/mol. The molecular weight excluding hydrogens is 388 g/mol. The van der Waals surface area contributed by atoms with E-state index in [0.717, 1.165) is 51.1 Å². The SMILES string of the molecule is COc1ccc2c(c1)C1(CC1c1ccc3c(/C=C/c4ccncc4)n[nH]c3c1)C(=O)N2. The number of H-pyrrole nitrogens is 1. The molecule has 2 unspecified atom stereocenters. The summed E-state index contributed by atoms with van der Waals surface area (Å²) in [5, 5.41) is 11.7. The van der Waals surface area contributed by atoms with Gasteiger partial charge in [-0.3, -0.25) is 14.9 Å². The third kappa shape index (κ3) is 2.68. The number of amides is 1. The van der Waals surface area contributed by atoms with Crippen molar-refractivity contribution in [3.8, 4) is 5.75 Å². The lowest BCUT2D eigenvalue weighted by atomic mass is 9.91. The number of aromatic amines is 1. The lowest BCUT2D eigenvalue weighted by Crippen LogP contribution is -2.21. The Labute approximate surface area is 179 Å². The van der Waals surface area contributed by atoms with Crippen LogP contribution in [0, 0.1) is 0 Å². The van der Waals surface area contributed by atoms with E-state index in [0.29, 0.717) is 0 Å². The molecule has 4 aromatic rings. The van der Waals surface area contributed by atoms with Crippen LogP contribution in [0.3, 0.4) is 0 Å². The second kappa shape index (κ2) is 6.54. The number of ether oxygens (including phenoxy) is 1. The molecule has 2 aromatic heterocycles. The van der Waals surface area contributed by atoms with Crippen molar-refractivity contribution < 1.29 is 9.53 Å². The second-order valence-corrected chi connectivity index (χ2v) is 8.12. The highest BCUT2D eigenvalue weighted by Crippen LogP contribution is 2.65. The molecule has 2 aliphatic rings. The maximum Gasteiger partial charge on any atom is 0.235 e. The maximum atomic E-state index is 12.9. The van der Waals surface area contributed by atoms with Gasteiger partial charge in [-0.05, 0) is 65.6 Å². The Morgan fingerprint density at radius 3 is 2.81 bits per heavy atom. The molecule has 2 aromatic carbocycles. The number of carbonyl (C=O) groups excluding carboxylic acids is 1. The molecule has 3 heterocycles. The van der Waals surface area contributed by atoms with Crippen LogP contribution in [0.15, 0.2) is 60.9 Å². The third-order valence-corrected chi connectivity index (χ3v) is 6.48. The molecule has 0 bridgehead atoms. The van der Waals surface area contributed by atoms with Crippen LogP contribution >= 0.6 is 0 Å². The van der Waals surface area contributed by atoms with E-state index >= 15 is 0 Å². The monoisotopic (exact) mass is 408 g/mol. The normalized spacial score (nSPS) is 21.6. The minimum atomic E-state index is -0.498. The number of pyridine rings is 1. The average Bonchev–Trinajstić information content (AvgIpc) is 3.35. The molecule has 31 heavy (non-hydrogen) atoms. The first-order chi connectivity index (χ1) is 15.2. The molecule has 1 fully saturated rings. The minimum Gasteiger partial charge on any atom is -0.497 e. The first-order valence-electron chi connectivity index (χ1n) is 10.3. The van der Waals surface area contributed by atoms with Gasteiger partial charge in [-0.25, -0.2) is 0 Å². The van der Waals surface area contributed by atoms with Crippen LogP contribution in [0.25, 0.3) is 23.1 Å². The topological polar surface area (TPSA) is 79.9 Å². The molecule has 6 heteroatoms. The number of benzene rings is 2. The zero-order chi connectivity index (χ0) is 21.0. The van der Waals surface area contributed by atoms with Crippen LogP contribution in [-0.4, -0.2) is 28.2 Å². The van der Waals surface area contributed by atoms with Crippen molar-refractivity contribution in [2.75, 3.05) is 12.4 Å². The van der Waals surface area contributed by atoms with E-state index in [2.05, 4.69) is 38.7 Å². The van der Waals surface area contributed by atoms with Gasteiger partial charge >= 0.3 is 0 Å². The van der Waals surface area contributed by atoms with Crippen molar-refractivity contribution in [3.63, 3.8) is 0 Å². The molecule has 1 saturated carbocycles. The first-order valence-corrected chi connectivity index (χ1v) is 10.3. The van der Waals surface area contributed by atoms with Gasteiger partial charge in [0.05, 0.1) is 23.7 Å². The van der Waals surface area contributed by atoms with Crippen molar-refractivity contribution in [1.82, 2.24) is 15.2 Å². The molecule has 2 atom stereocenters. The second-order valence-electron chi connectivity index (χ2n) is 8.12. The third-order valence-electron chi connectivity index (χ3n) is 6.48. The first kappa shape index (κ1) is 17.9. The number of nitrogens with one attached hydrogen (secondary N) is 2. The van der Waals surface area contributed by atoms with Gasteiger partial charge in [-0.15, -0.1) is 0 Å². The van der Waals surface area contributed by atoms with Crippen molar-refractivity contribution >= 4 is 34.6 Å². The molecule has 0 saturated heterocycles. The summed E-state index contributed by atoms with van der Waals surface area (Å²) in [5.74, 6) is 0.991. The van der Waals surface area contributed by atoms with Gasteiger partial charge in [0.25, 0.3) is 0 Å². The quantitative estimate of drug-likeness (QED) is 0.521. The Morgan fingerprint density at radius 1 is 1.10 bits per heavy atom. The molecule has 1 amide bonds. The Balaban J connectivity index is 1.33. The molecule has 1 aliphatic carbocycles. The summed E-state index contributed by atoms with van der Waals surface area (Å²) in [7, 11) is 1.65. The number of hydrogen-bond donors (Lipinski definition) is 2. The highest BCUT2D eigenvalue weighted by atomic mass is 16.5. The number of aromatic nitrogens is 3. The molecule has 2 N–H and O–H groups in total. The van der Waals surface area contributed by atoms with Crippen LogP contribution in [0.5, 0.6) is 5.75 Å². The smallest absolute Gasteiger partial charge is 0.235 e. The zero-order valence-corrected chi connectivity index (χ0v) is 16.9. The summed E-state index contributed by atoms with van der Waals surface area (Å²) in [5.41, 5.74) is 5.50. The Bertz CT molecular complexity index is 1360. The van der Waals surface area contributed by atoms with E-state index in [-0.39, 0.29) is 11.8 Å². The molecule has 152 valence electrons. The zero-order valence-electron chi connectivity index (χ0n) is 16.9. The predicted molar refractivity (Wildman–Crippen MR) is 120 cm³/mol. The number of nitrogens with zero attached hydrogens (tertiary/aromatic N) is 2. The van der Waals surface area contributed by atoms with E-state index in [1.807, 2.05) is 42.5 Å². The van der Waals surface area contributed by atoms with Crippen LogP contribution in [0.1, 0.15) is 34.7 Å². The van der Waals surface area contributed by atoms with E-state index in [1.54, 1.807) is 19.5 Å². The number of methoxy groups -OCH3 is 1. The van der Waals surface area contributed by atoms with Gasteiger partial charge in [0.15, 0.2) is 0 Å². The van der Waals surface area contributed by atoms with Crippen molar-refractivity contribution in [1.29, 1.82) is 0 Å². The van der Waals surface area contributed by atoms with Gasteiger partial charge in [0, 0.05) is 29.4 Å². The number of rotatable bonds is 4. The van der Waals surface area contributed by atoms with E-state index in [1.165, 1.54) is 0 Å². The van der Waals surface area contributed by atoms with Crippen LogP contribution in [0.4, 0.5) is 5.69 Å². The lowest BCUT2D eigenvalue weighted by Gasteiger charge is -2.10. The van der Waals surface area contributed by atoms with E-state index in [9.17, 15) is 4.79 Å². The number of fused-ring (bicyclic) bond motifs is 3. The van der Waals surface area contributed by atoms with E-state index in [4.69, 9.17) is 4.74 Å². The summed E-state index contributed by atoms with van der Waals surface area (Å²) in [4.78, 5) is 16.9. The Hall–Kier alpha value is -3.93. The van der Waals surface area contributed by atoms with Crippen molar-refractivity contribution in [3.05, 3.63) is 83.3 Å². The fourth-order valence-electron chi connectivity index (χ4n) is 4.75. The van der Waals surface area contributed by atoms with Crippen molar-refractivity contribution in [2.45, 2.75) is 17.8 Å². The molecule has 6 rings (SSSR count). The van der Waals surface area contributed by atoms with Gasteiger partial charge in [0.1, 0.15) is 5.75 Å². The summed E-state index contributed by atoms with van der Waals surface area (Å²) >= 11 is 0. The number of hydrogen-bond acceptors (Lipinski definition) is 4. The minimum absolute atomic E-state index is 0.0754. The summed E-state index contributed by atoms with van der Waals surface area (Å²) in [6.07, 6.45) is 8.36. The predicted octanol–water partition coefficient (Wildman–Crippen LogP) is 4.51. The van der Waals surface area contributed by atoms with Gasteiger partial charge in [-0.2, -0.15) is 5.10 Å². The van der Waals surface area contributed by atoms with Gasteiger partial charge in [-0.1, -0.05) is 18.2 Å². The standard InChI is InChI=1S/C25H20N4O2/c1-31-17-4-7-22-19(13-17)25(24(30)27-22)14-20(25)16-3-5-18-21(28-29-23(18)12-16)6-2-15-8-10-26-11-9-15/h2-13,20H,14H2,1H3,(H,27,30)(H,28,29)/b6-2+. The Kier molecular flexibility index (Phi) is 3.77. The van der Waals surface area contributed by atoms with Gasteiger partial charge < -0.3 is 10.1 Å². The largest absolute Gasteiger partial charge is 0.497 e. The van der Waals surface area contributed by atoms with Crippen LogP contribution in [0.2, 0.25) is 0 Å². The summed E-state index contributed by atoms with van der Waals surface area (Å²) in [6.45, 7) is 0. The van der Waals surface area contributed by atoms with Crippen LogP contribution < -0.4 is 10.1 Å². The maximum absolute atomic E-state index is 12.9. The van der Waals surface area contributed by atoms with E-state index < -0.39 is 5.41 Å². The summed E-state index contributed by atoms with van der Waals surface area (Å²) < 4.78 is 5.39. The molecule has 6 nitrogen and oxygen atoms in total.